The fourth-order valence-corrected chi connectivity index (χ4v) is 1.44. The number of amides is 1. The van der Waals surface area contributed by atoms with Gasteiger partial charge in [-0.3, -0.25) is 0 Å². The highest BCUT2D eigenvalue weighted by Gasteiger charge is 2.23. The third-order valence-corrected chi connectivity index (χ3v) is 2.33. The molecule has 20 heavy (non-hydrogen) atoms. The van der Waals surface area contributed by atoms with Gasteiger partial charge in [0, 0.05) is 18.3 Å². The van der Waals surface area contributed by atoms with E-state index in [2.05, 4.69) is 10.3 Å². The number of nitrogens with one attached hydrogen (secondary N) is 1. The predicted octanol–water partition coefficient (Wildman–Crippen LogP) is 1.14. The smallest absolute Gasteiger partial charge is 0.407 e. The van der Waals surface area contributed by atoms with E-state index in [0.717, 1.165) is 0 Å². The van der Waals surface area contributed by atoms with Gasteiger partial charge in [-0.25, -0.2) is 9.78 Å². The lowest BCUT2D eigenvalue weighted by atomic mass is 10.1. The average Bonchev–Trinajstić information content (AvgIpc) is 2.33. The van der Waals surface area contributed by atoms with Gasteiger partial charge in [0.2, 0.25) is 5.95 Å². The minimum absolute atomic E-state index is 0.133. The number of aromatic nitrogens is 1. The van der Waals surface area contributed by atoms with Gasteiger partial charge >= 0.3 is 6.09 Å². The molecule has 3 N–H and O–H groups in total. The number of rotatable bonds is 4. The number of hydrogen-bond donors (Lipinski definition) is 3. The van der Waals surface area contributed by atoms with E-state index in [-0.39, 0.29) is 12.1 Å². The van der Waals surface area contributed by atoms with Gasteiger partial charge in [0.1, 0.15) is 17.8 Å². The number of alkyl carbamates (subject to hydrolysis) is 1. The molecule has 0 aliphatic carbocycles. The zero-order chi connectivity index (χ0) is 15.3. The van der Waals surface area contributed by atoms with Crippen LogP contribution < -0.4 is 5.32 Å². The second kappa shape index (κ2) is 6.62. The van der Waals surface area contributed by atoms with Gasteiger partial charge in [-0.15, -0.1) is 0 Å². The number of ether oxygens (including phenoxy) is 1. The van der Waals surface area contributed by atoms with Crippen molar-refractivity contribution in [1.29, 1.82) is 0 Å². The van der Waals surface area contributed by atoms with Crippen LogP contribution in [-0.4, -0.2) is 39.5 Å². The summed E-state index contributed by atoms with van der Waals surface area (Å²) < 4.78 is 18.3. The van der Waals surface area contributed by atoms with Gasteiger partial charge in [-0.2, -0.15) is 4.39 Å². The van der Waals surface area contributed by atoms with Crippen molar-refractivity contribution in [2.75, 3.05) is 6.54 Å². The number of hydrogen-bond acceptors (Lipinski definition) is 5. The third kappa shape index (κ3) is 5.10. The molecule has 0 fully saturated rings. The lowest BCUT2D eigenvalue weighted by Crippen LogP contribution is -2.39. The minimum Gasteiger partial charge on any atom is -0.444 e. The van der Waals surface area contributed by atoms with Crippen molar-refractivity contribution >= 4 is 6.09 Å². The molecule has 0 aromatic carbocycles. The van der Waals surface area contributed by atoms with E-state index in [4.69, 9.17) is 4.74 Å². The Kier molecular flexibility index (Phi) is 5.41. The van der Waals surface area contributed by atoms with Crippen LogP contribution in [0.4, 0.5) is 9.18 Å². The summed E-state index contributed by atoms with van der Waals surface area (Å²) in [5.74, 6) is -0.865. The Balaban J connectivity index is 2.53. The fraction of sp³-hybridized carbons (Fsp3) is 0.538. The van der Waals surface area contributed by atoms with Gasteiger partial charge < -0.3 is 20.3 Å². The maximum absolute atomic E-state index is 13.3. The summed E-state index contributed by atoms with van der Waals surface area (Å²) in [6.45, 7) is 4.82. The minimum atomic E-state index is -1.49. The molecular weight excluding hydrogens is 267 g/mol. The van der Waals surface area contributed by atoms with Crippen LogP contribution in [0.1, 0.15) is 32.4 Å². The largest absolute Gasteiger partial charge is 0.444 e. The van der Waals surface area contributed by atoms with Crippen LogP contribution in [0.2, 0.25) is 0 Å². The number of pyridine rings is 1. The number of carbonyl (C=O) groups is 1. The summed E-state index contributed by atoms with van der Waals surface area (Å²) in [6, 6.07) is 2.75. The molecule has 0 bridgehead atoms. The second-order valence-electron chi connectivity index (χ2n) is 5.28. The van der Waals surface area contributed by atoms with Crippen LogP contribution in [0.5, 0.6) is 0 Å². The molecule has 1 rings (SSSR count). The van der Waals surface area contributed by atoms with Crippen LogP contribution in [0.15, 0.2) is 18.3 Å². The first-order chi connectivity index (χ1) is 9.20. The Morgan fingerprint density at radius 3 is 2.70 bits per heavy atom. The van der Waals surface area contributed by atoms with Crippen molar-refractivity contribution in [3.63, 3.8) is 0 Å². The Hall–Kier alpha value is -1.73. The van der Waals surface area contributed by atoms with Gasteiger partial charge in [0.15, 0.2) is 0 Å². The van der Waals surface area contributed by atoms with Crippen molar-refractivity contribution < 1.29 is 24.1 Å². The van der Waals surface area contributed by atoms with Crippen LogP contribution >= 0.6 is 0 Å². The van der Waals surface area contributed by atoms with Crippen molar-refractivity contribution in [2.45, 2.75) is 38.6 Å². The molecule has 1 heterocycles. The molecule has 1 aromatic heterocycles. The first kappa shape index (κ1) is 16.3. The normalized spacial score (nSPS) is 14.5. The Morgan fingerprint density at radius 1 is 1.50 bits per heavy atom. The number of carbonyl (C=O) groups excluding carboxylic acids is 1. The van der Waals surface area contributed by atoms with Gasteiger partial charge in [0.05, 0.1) is 0 Å². The number of aliphatic hydroxyl groups is 2. The fourth-order valence-electron chi connectivity index (χ4n) is 1.44. The molecule has 112 valence electrons. The van der Waals surface area contributed by atoms with Crippen molar-refractivity contribution in [2.24, 2.45) is 0 Å². The molecule has 6 nitrogen and oxygen atoms in total. The van der Waals surface area contributed by atoms with Crippen molar-refractivity contribution in [3.8, 4) is 0 Å². The molecule has 2 atom stereocenters. The third-order valence-electron chi connectivity index (χ3n) is 2.33. The molecule has 0 spiro atoms. The molecule has 2 unspecified atom stereocenters. The maximum atomic E-state index is 13.3. The summed E-state index contributed by atoms with van der Waals surface area (Å²) >= 11 is 0. The van der Waals surface area contributed by atoms with E-state index in [0.29, 0.717) is 0 Å². The SMILES string of the molecule is CC(C)(C)OC(=O)NCC(O)C(O)c1cccnc1F. The Bertz CT molecular complexity index is 462. The van der Waals surface area contributed by atoms with Crippen LogP contribution in [-0.2, 0) is 4.74 Å². The highest BCUT2D eigenvalue weighted by molar-refractivity contribution is 5.67. The van der Waals surface area contributed by atoms with E-state index in [1.807, 2.05) is 0 Å². The zero-order valence-electron chi connectivity index (χ0n) is 11.6. The first-order valence-electron chi connectivity index (χ1n) is 6.14. The van der Waals surface area contributed by atoms with Crippen LogP contribution in [0.3, 0.4) is 0 Å². The summed E-state index contributed by atoms with van der Waals surface area (Å²) in [6.07, 6.45) is -2.35. The number of halogens is 1. The standard InChI is InChI=1S/C13H19FN2O4/c1-13(2,3)20-12(19)16-7-9(17)10(18)8-5-4-6-15-11(8)14/h4-6,9-10,17-18H,7H2,1-3H3,(H,16,19). The monoisotopic (exact) mass is 286 g/mol. The first-order valence-corrected chi connectivity index (χ1v) is 6.14. The lowest BCUT2D eigenvalue weighted by molar-refractivity contribution is 0.0109. The van der Waals surface area contributed by atoms with E-state index < -0.39 is 29.8 Å². The zero-order valence-corrected chi connectivity index (χ0v) is 11.6. The van der Waals surface area contributed by atoms with E-state index in [1.165, 1.54) is 18.3 Å². The summed E-state index contributed by atoms with van der Waals surface area (Å²) in [5.41, 5.74) is -0.797. The van der Waals surface area contributed by atoms with E-state index in [1.54, 1.807) is 20.8 Å². The molecule has 0 aliphatic rings. The average molecular weight is 286 g/mol. The molecule has 0 aliphatic heterocycles. The number of nitrogens with zero attached hydrogens (tertiary/aromatic N) is 1. The lowest BCUT2D eigenvalue weighted by Gasteiger charge is -2.22. The van der Waals surface area contributed by atoms with Gasteiger partial charge in [0.25, 0.3) is 0 Å². The quantitative estimate of drug-likeness (QED) is 0.722. The maximum Gasteiger partial charge on any atom is 0.407 e. The van der Waals surface area contributed by atoms with Gasteiger partial charge in [-0.05, 0) is 26.8 Å². The highest BCUT2D eigenvalue weighted by Crippen LogP contribution is 2.18. The van der Waals surface area contributed by atoms with Crippen LogP contribution in [0.25, 0.3) is 0 Å². The molecule has 1 aromatic rings. The van der Waals surface area contributed by atoms with Crippen LogP contribution in [0, 0.1) is 5.95 Å². The Labute approximate surface area is 116 Å². The topological polar surface area (TPSA) is 91.7 Å². The molecule has 0 saturated heterocycles. The molecular formula is C13H19FN2O4. The molecule has 7 heteroatoms. The Morgan fingerprint density at radius 2 is 2.15 bits per heavy atom. The van der Waals surface area contributed by atoms with E-state index >= 15 is 0 Å². The van der Waals surface area contributed by atoms with E-state index in [9.17, 15) is 19.4 Å². The molecule has 0 radical (unpaired) electrons. The number of aliphatic hydroxyl groups excluding tert-OH is 2. The predicted molar refractivity (Wildman–Crippen MR) is 69.4 cm³/mol. The molecule has 0 saturated carbocycles. The second-order valence-corrected chi connectivity index (χ2v) is 5.28. The summed E-state index contributed by atoms with van der Waals surface area (Å²) in [5, 5.41) is 21.8. The summed E-state index contributed by atoms with van der Waals surface area (Å²) in [4.78, 5) is 14.8. The summed E-state index contributed by atoms with van der Waals surface area (Å²) in [7, 11) is 0. The van der Waals surface area contributed by atoms with Crippen molar-refractivity contribution in [1.82, 2.24) is 10.3 Å². The van der Waals surface area contributed by atoms with Gasteiger partial charge in [-0.1, -0.05) is 6.07 Å². The molecule has 1 amide bonds. The highest BCUT2D eigenvalue weighted by atomic mass is 19.1. The van der Waals surface area contributed by atoms with Crippen molar-refractivity contribution in [3.05, 3.63) is 29.8 Å².